The number of hydrogen-bond donors (Lipinski definition) is 1. The Balaban J connectivity index is 2.30. The Labute approximate surface area is 121 Å². The molecule has 0 fully saturated rings. The minimum Gasteiger partial charge on any atom is -0.326 e. The lowest BCUT2D eigenvalue weighted by Crippen LogP contribution is -2.27. The summed E-state index contributed by atoms with van der Waals surface area (Å²) in [6, 6.07) is 7.63. The van der Waals surface area contributed by atoms with Gasteiger partial charge >= 0.3 is 0 Å². The number of thiophene rings is 1. The molecule has 0 saturated heterocycles. The number of rotatable bonds is 5. The molecule has 1 aromatic heterocycles. The monoisotopic (exact) mass is 314 g/mol. The maximum absolute atomic E-state index is 13.9. The summed E-state index contributed by atoms with van der Waals surface area (Å²) in [5.74, 6) is -0.772. The number of nitrogens with zero attached hydrogens (tertiary/aromatic N) is 1. The first-order valence-electron chi connectivity index (χ1n) is 5.92. The molecule has 7 heteroatoms. The molecule has 0 radical (unpaired) electrons. The van der Waals surface area contributed by atoms with E-state index in [2.05, 4.69) is 0 Å². The molecule has 1 aromatic carbocycles. The normalized spacial score (nSPS) is 12.0. The Morgan fingerprint density at radius 1 is 1.35 bits per heavy atom. The van der Waals surface area contributed by atoms with Gasteiger partial charge in [-0.25, -0.2) is 12.8 Å². The highest BCUT2D eigenvalue weighted by molar-refractivity contribution is 7.89. The van der Waals surface area contributed by atoms with Gasteiger partial charge in [0.05, 0.1) is 0 Å². The maximum atomic E-state index is 13.9. The van der Waals surface area contributed by atoms with Crippen LogP contribution in [-0.4, -0.2) is 19.8 Å². The molecule has 0 unspecified atom stereocenters. The fourth-order valence-electron chi connectivity index (χ4n) is 1.76. The summed E-state index contributed by atoms with van der Waals surface area (Å²) in [5, 5.41) is 1.87. The van der Waals surface area contributed by atoms with E-state index in [1.165, 1.54) is 30.5 Å². The van der Waals surface area contributed by atoms with Crippen molar-refractivity contribution in [1.82, 2.24) is 4.31 Å². The second-order valence-corrected chi connectivity index (χ2v) is 7.35. The van der Waals surface area contributed by atoms with Gasteiger partial charge < -0.3 is 5.73 Å². The average molecular weight is 314 g/mol. The first-order chi connectivity index (χ1) is 9.45. The Hall–Kier alpha value is -1.28. The van der Waals surface area contributed by atoms with Gasteiger partial charge in [0.1, 0.15) is 10.7 Å². The van der Waals surface area contributed by atoms with Gasteiger partial charge in [0, 0.05) is 25.0 Å². The van der Waals surface area contributed by atoms with E-state index >= 15 is 0 Å². The standard InChI is InChI=1S/C13H15FN2O2S2/c1-16(9-11-3-2-6-19-11)20(17,18)13-5-4-10(8-15)7-12(13)14/h2-7H,8-9,15H2,1H3. The van der Waals surface area contributed by atoms with Crippen LogP contribution in [0.15, 0.2) is 40.6 Å². The third-order valence-electron chi connectivity index (χ3n) is 2.88. The molecule has 0 aliphatic heterocycles. The number of benzene rings is 1. The van der Waals surface area contributed by atoms with Gasteiger partial charge in [-0.1, -0.05) is 12.1 Å². The summed E-state index contributed by atoms with van der Waals surface area (Å²) in [6.45, 7) is 0.389. The second-order valence-electron chi connectivity index (χ2n) is 4.31. The summed E-state index contributed by atoms with van der Waals surface area (Å²) < 4.78 is 39.7. The highest BCUT2D eigenvalue weighted by atomic mass is 32.2. The molecule has 2 rings (SSSR count). The molecule has 20 heavy (non-hydrogen) atoms. The van der Waals surface area contributed by atoms with Crippen LogP contribution in [0.1, 0.15) is 10.4 Å². The van der Waals surface area contributed by atoms with Gasteiger partial charge in [-0.3, -0.25) is 0 Å². The van der Waals surface area contributed by atoms with Crippen molar-refractivity contribution < 1.29 is 12.8 Å². The minimum atomic E-state index is -3.85. The predicted molar refractivity (Wildman–Crippen MR) is 77.3 cm³/mol. The molecule has 1 heterocycles. The lowest BCUT2D eigenvalue weighted by atomic mass is 10.2. The van der Waals surface area contributed by atoms with Crippen LogP contribution in [-0.2, 0) is 23.1 Å². The third kappa shape index (κ3) is 3.06. The van der Waals surface area contributed by atoms with E-state index in [-0.39, 0.29) is 18.0 Å². The van der Waals surface area contributed by atoms with Crippen LogP contribution in [0.4, 0.5) is 4.39 Å². The summed E-state index contributed by atoms with van der Waals surface area (Å²) in [7, 11) is -2.41. The van der Waals surface area contributed by atoms with E-state index in [4.69, 9.17) is 5.73 Å². The topological polar surface area (TPSA) is 63.4 Å². The van der Waals surface area contributed by atoms with Gasteiger partial charge in [0.15, 0.2) is 0 Å². The molecular formula is C13H15FN2O2S2. The number of halogens is 1. The van der Waals surface area contributed by atoms with E-state index in [9.17, 15) is 12.8 Å². The molecule has 2 N–H and O–H groups in total. The van der Waals surface area contributed by atoms with Crippen LogP contribution in [0, 0.1) is 5.82 Å². The van der Waals surface area contributed by atoms with E-state index in [1.807, 2.05) is 17.5 Å². The highest BCUT2D eigenvalue weighted by Gasteiger charge is 2.24. The van der Waals surface area contributed by atoms with Crippen LogP contribution in [0.2, 0.25) is 0 Å². The molecule has 0 atom stereocenters. The SMILES string of the molecule is CN(Cc1cccs1)S(=O)(=O)c1ccc(CN)cc1F. The zero-order valence-corrected chi connectivity index (χ0v) is 12.5. The van der Waals surface area contributed by atoms with Crippen molar-refractivity contribution in [2.45, 2.75) is 18.0 Å². The molecule has 0 spiro atoms. The van der Waals surface area contributed by atoms with Crippen molar-refractivity contribution in [1.29, 1.82) is 0 Å². The van der Waals surface area contributed by atoms with Gasteiger partial charge in [-0.15, -0.1) is 11.3 Å². The van der Waals surface area contributed by atoms with Crippen molar-refractivity contribution in [2.24, 2.45) is 5.73 Å². The van der Waals surface area contributed by atoms with Crippen molar-refractivity contribution in [2.75, 3.05) is 7.05 Å². The summed E-state index contributed by atoms with van der Waals surface area (Å²) >= 11 is 1.46. The molecule has 0 bridgehead atoms. The van der Waals surface area contributed by atoms with Crippen LogP contribution >= 0.6 is 11.3 Å². The second kappa shape index (κ2) is 6.01. The molecule has 2 aromatic rings. The van der Waals surface area contributed by atoms with E-state index in [0.717, 1.165) is 15.2 Å². The number of sulfonamides is 1. The molecule has 0 aliphatic carbocycles. The highest BCUT2D eigenvalue weighted by Crippen LogP contribution is 2.22. The zero-order chi connectivity index (χ0) is 14.8. The molecule has 0 aliphatic rings. The van der Waals surface area contributed by atoms with Crippen molar-refractivity contribution in [3.8, 4) is 0 Å². The van der Waals surface area contributed by atoms with Gasteiger partial charge in [0.2, 0.25) is 10.0 Å². The summed E-state index contributed by atoms with van der Waals surface area (Å²) in [5.41, 5.74) is 5.96. The Kier molecular flexibility index (Phi) is 4.54. The van der Waals surface area contributed by atoms with Gasteiger partial charge in [-0.05, 0) is 29.1 Å². The fraction of sp³-hybridized carbons (Fsp3) is 0.231. The van der Waals surface area contributed by atoms with Gasteiger partial charge in [0.25, 0.3) is 0 Å². The zero-order valence-electron chi connectivity index (χ0n) is 10.9. The van der Waals surface area contributed by atoms with Crippen LogP contribution < -0.4 is 5.73 Å². The average Bonchev–Trinajstić information content (AvgIpc) is 2.91. The molecule has 0 amide bonds. The summed E-state index contributed by atoms with van der Waals surface area (Å²) in [6.07, 6.45) is 0. The predicted octanol–water partition coefficient (Wildman–Crippen LogP) is 2.17. The minimum absolute atomic E-state index is 0.169. The third-order valence-corrected chi connectivity index (χ3v) is 5.58. The lowest BCUT2D eigenvalue weighted by Gasteiger charge is -2.17. The Morgan fingerprint density at radius 3 is 2.65 bits per heavy atom. The molecule has 0 saturated carbocycles. The quantitative estimate of drug-likeness (QED) is 0.920. The fourth-order valence-corrected chi connectivity index (χ4v) is 3.78. The molecule has 108 valence electrons. The molecule has 4 nitrogen and oxygen atoms in total. The largest absolute Gasteiger partial charge is 0.326 e. The lowest BCUT2D eigenvalue weighted by molar-refractivity contribution is 0.462. The summed E-state index contributed by atoms with van der Waals surface area (Å²) in [4.78, 5) is 0.573. The van der Waals surface area contributed by atoms with Crippen LogP contribution in [0.25, 0.3) is 0 Å². The van der Waals surface area contributed by atoms with E-state index in [0.29, 0.717) is 5.56 Å². The van der Waals surface area contributed by atoms with Crippen LogP contribution in [0.5, 0.6) is 0 Å². The maximum Gasteiger partial charge on any atom is 0.246 e. The first kappa shape index (κ1) is 15.1. The van der Waals surface area contributed by atoms with Crippen LogP contribution in [0.3, 0.4) is 0 Å². The Morgan fingerprint density at radius 2 is 2.10 bits per heavy atom. The smallest absolute Gasteiger partial charge is 0.246 e. The number of nitrogens with two attached hydrogens (primary N) is 1. The van der Waals surface area contributed by atoms with Gasteiger partial charge in [-0.2, -0.15) is 4.31 Å². The number of hydrogen-bond acceptors (Lipinski definition) is 4. The van der Waals surface area contributed by atoms with E-state index in [1.54, 1.807) is 0 Å². The van der Waals surface area contributed by atoms with Crippen molar-refractivity contribution in [3.05, 3.63) is 52.0 Å². The molecular weight excluding hydrogens is 299 g/mol. The first-order valence-corrected chi connectivity index (χ1v) is 8.24. The van der Waals surface area contributed by atoms with Crippen molar-refractivity contribution in [3.63, 3.8) is 0 Å². The van der Waals surface area contributed by atoms with E-state index < -0.39 is 15.8 Å². The Bertz CT molecular complexity index is 684. The van der Waals surface area contributed by atoms with Crippen molar-refractivity contribution >= 4 is 21.4 Å².